The number of nitrogens with one attached hydrogen (secondary N) is 1. The summed E-state index contributed by atoms with van der Waals surface area (Å²) in [7, 11) is 0. The lowest BCUT2D eigenvalue weighted by Gasteiger charge is -2.45. The predicted molar refractivity (Wildman–Crippen MR) is 77.8 cm³/mol. The number of hydrogen-bond acceptors (Lipinski definition) is 7. The van der Waals surface area contributed by atoms with Crippen LogP contribution in [0.2, 0.25) is 0 Å². The van der Waals surface area contributed by atoms with Gasteiger partial charge >= 0.3 is 0 Å². The molecule has 0 radical (unpaired) electrons. The number of ether oxygens (including phenoxy) is 2. The van der Waals surface area contributed by atoms with Gasteiger partial charge in [0.15, 0.2) is 6.29 Å². The van der Waals surface area contributed by atoms with Crippen LogP contribution in [0.3, 0.4) is 0 Å². The third-order valence-electron chi connectivity index (χ3n) is 3.61. The monoisotopic (exact) mass is 327 g/mol. The highest BCUT2D eigenvalue weighted by molar-refractivity contribution is 5.73. The molecule has 0 bridgehead atoms. The molecule has 1 heterocycles. The van der Waals surface area contributed by atoms with Gasteiger partial charge in [-0.15, -0.1) is 0 Å². The van der Waals surface area contributed by atoms with Crippen LogP contribution >= 0.6 is 0 Å². The van der Waals surface area contributed by atoms with Crippen molar-refractivity contribution >= 4 is 5.91 Å². The summed E-state index contributed by atoms with van der Waals surface area (Å²) in [5, 5.41) is 42.1. The van der Waals surface area contributed by atoms with Crippen LogP contribution in [0.4, 0.5) is 0 Å². The van der Waals surface area contributed by atoms with Crippen molar-refractivity contribution in [3.05, 3.63) is 35.9 Å². The van der Waals surface area contributed by atoms with Crippen molar-refractivity contribution in [1.82, 2.24) is 5.32 Å². The predicted octanol–water partition coefficient (Wildman–Crippen LogP) is -1.53. The smallest absolute Gasteiger partial charge is 0.221 e. The molecule has 1 aromatic rings. The minimum atomic E-state index is -2.68. The highest BCUT2D eigenvalue weighted by Gasteiger charge is 2.54. The van der Waals surface area contributed by atoms with Crippen LogP contribution in [0.15, 0.2) is 30.3 Å². The number of benzene rings is 1. The summed E-state index contributed by atoms with van der Waals surface area (Å²) in [6.45, 7) is 1.12. The molecule has 2 rings (SSSR count). The van der Waals surface area contributed by atoms with E-state index in [1.807, 2.05) is 30.3 Å². The van der Waals surface area contributed by atoms with Crippen LogP contribution in [-0.4, -0.2) is 63.3 Å². The summed E-state index contributed by atoms with van der Waals surface area (Å²) in [5.41, 5.74) is 0.877. The van der Waals surface area contributed by atoms with Gasteiger partial charge in [-0.3, -0.25) is 4.79 Å². The molecule has 0 aromatic heterocycles. The van der Waals surface area contributed by atoms with E-state index in [4.69, 9.17) is 9.47 Å². The zero-order valence-electron chi connectivity index (χ0n) is 12.6. The van der Waals surface area contributed by atoms with Crippen LogP contribution in [-0.2, 0) is 20.9 Å². The second kappa shape index (κ2) is 7.35. The van der Waals surface area contributed by atoms with Gasteiger partial charge in [0.05, 0.1) is 13.2 Å². The van der Waals surface area contributed by atoms with Gasteiger partial charge in [-0.25, -0.2) is 0 Å². The zero-order chi connectivity index (χ0) is 17.0. The highest BCUT2D eigenvalue weighted by atomic mass is 16.7. The number of rotatable bonds is 5. The van der Waals surface area contributed by atoms with Crippen LogP contribution in [0.5, 0.6) is 0 Å². The maximum absolute atomic E-state index is 11.0. The number of carbonyl (C=O) groups is 1. The van der Waals surface area contributed by atoms with E-state index in [0.29, 0.717) is 0 Å². The minimum absolute atomic E-state index is 0.206. The van der Waals surface area contributed by atoms with E-state index < -0.39 is 36.2 Å². The Morgan fingerprint density at radius 3 is 2.57 bits per heavy atom. The molecule has 1 aromatic carbocycles. The van der Waals surface area contributed by atoms with Gasteiger partial charge in [0.25, 0.3) is 0 Å². The molecule has 1 aliphatic rings. The standard InChI is InChI=1S/C15H21NO7/c1-9(17)16-12-13(18)15(20,21)11(23-14(12)19)8-22-7-10-5-3-2-4-6-10/h2-6,11-14,18-21H,7-8H2,1H3,(H,16,17)/t11-,12-,13-,14?/m1/s1. The van der Waals surface area contributed by atoms with E-state index in [0.717, 1.165) is 5.56 Å². The summed E-state index contributed by atoms with van der Waals surface area (Å²) < 4.78 is 10.4. The quantitative estimate of drug-likeness (QED) is 0.415. The number of hydrogen-bond donors (Lipinski definition) is 5. The SMILES string of the molecule is CC(=O)N[C@H]1C(O)O[C@H](COCc2ccccc2)C(O)(O)[C@@H]1O. The maximum atomic E-state index is 11.0. The van der Waals surface area contributed by atoms with Crippen molar-refractivity contribution in [2.75, 3.05) is 6.61 Å². The molecule has 23 heavy (non-hydrogen) atoms. The van der Waals surface area contributed by atoms with Crippen molar-refractivity contribution in [2.45, 2.75) is 43.9 Å². The molecule has 1 amide bonds. The molecule has 0 aliphatic carbocycles. The summed E-state index contributed by atoms with van der Waals surface area (Å²) >= 11 is 0. The summed E-state index contributed by atoms with van der Waals surface area (Å²) in [5.74, 6) is -3.23. The van der Waals surface area contributed by atoms with Crippen LogP contribution in [0.25, 0.3) is 0 Å². The molecule has 1 saturated heterocycles. The minimum Gasteiger partial charge on any atom is -0.385 e. The van der Waals surface area contributed by atoms with Gasteiger partial charge in [0, 0.05) is 6.92 Å². The summed E-state index contributed by atoms with van der Waals surface area (Å²) in [4.78, 5) is 11.0. The van der Waals surface area contributed by atoms with Gasteiger partial charge in [-0.1, -0.05) is 30.3 Å². The molecular formula is C15H21NO7. The Bertz CT molecular complexity index is 522. The van der Waals surface area contributed by atoms with E-state index in [1.165, 1.54) is 6.92 Å². The fraction of sp³-hybridized carbons (Fsp3) is 0.533. The Hall–Kier alpha value is -1.55. The molecular weight excluding hydrogens is 306 g/mol. The van der Waals surface area contributed by atoms with Gasteiger partial charge in [0.1, 0.15) is 18.2 Å². The number of amides is 1. The molecule has 1 aliphatic heterocycles. The van der Waals surface area contributed by atoms with Crippen molar-refractivity contribution in [3.63, 3.8) is 0 Å². The third kappa shape index (κ3) is 4.25. The van der Waals surface area contributed by atoms with Crippen molar-refractivity contribution < 1.29 is 34.7 Å². The topological polar surface area (TPSA) is 128 Å². The van der Waals surface area contributed by atoms with Crippen LogP contribution in [0, 0.1) is 0 Å². The van der Waals surface area contributed by atoms with E-state index in [9.17, 15) is 25.2 Å². The first-order chi connectivity index (χ1) is 10.8. The van der Waals surface area contributed by atoms with E-state index >= 15 is 0 Å². The average Bonchev–Trinajstić information content (AvgIpc) is 2.50. The first-order valence-electron chi connectivity index (χ1n) is 7.17. The summed E-state index contributed by atoms with van der Waals surface area (Å²) in [6.07, 6.45) is -4.80. The molecule has 8 nitrogen and oxygen atoms in total. The Morgan fingerprint density at radius 2 is 1.96 bits per heavy atom. The molecule has 4 atom stereocenters. The first kappa shape index (κ1) is 17.8. The second-order valence-corrected chi connectivity index (χ2v) is 5.47. The fourth-order valence-electron chi connectivity index (χ4n) is 2.37. The maximum Gasteiger partial charge on any atom is 0.221 e. The first-order valence-corrected chi connectivity index (χ1v) is 7.17. The Kier molecular flexibility index (Phi) is 5.69. The van der Waals surface area contributed by atoms with E-state index in [2.05, 4.69) is 5.32 Å². The normalized spacial score (nSPS) is 30.0. The molecule has 0 saturated carbocycles. The summed E-state index contributed by atoms with van der Waals surface area (Å²) in [6, 6.07) is 7.85. The van der Waals surface area contributed by atoms with Crippen LogP contribution < -0.4 is 5.32 Å². The van der Waals surface area contributed by atoms with Crippen molar-refractivity contribution in [2.24, 2.45) is 0 Å². The lowest BCUT2D eigenvalue weighted by molar-refractivity contribution is -0.362. The zero-order valence-corrected chi connectivity index (χ0v) is 12.6. The largest absolute Gasteiger partial charge is 0.385 e. The number of aliphatic hydroxyl groups excluding tert-OH is 2. The van der Waals surface area contributed by atoms with Crippen molar-refractivity contribution in [3.8, 4) is 0 Å². The van der Waals surface area contributed by atoms with Gasteiger partial charge in [-0.05, 0) is 5.56 Å². The fourth-order valence-corrected chi connectivity index (χ4v) is 2.37. The van der Waals surface area contributed by atoms with E-state index in [-0.39, 0.29) is 13.2 Å². The van der Waals surface area contributed by atoms with Gasteiger partial charge in [0.2, 0.25) is 11.7 Å². The Morgan fingerprint density at radius 1 is 1.30 bits per heavy atom. The third-order valence-corrected chi connectivity index (χ3v) is 3.61. The molecule has 1 fully saturated rings. The molecule has 5 N–H and O–H groups in total. The van der Waals surface area contributed by atoms with Gasteiger partial charge < -0.3 is 35.2 Å². The Labute approximate surface area is 133 Å². The second-order valence-electron chi connectivity index (χ2n) is 5.47. The molecule has 0 spiro atoms. The number of carbonyl (C=O) groups excluding carboxylic acids is 1. The number of aliphatic hydroxyl groups is 4. The lowest BCUT2D eigenvalue weighted by Crippen LogP contribution is -2.70. The van der Waals surface area contributed by atoms with Crippen molar-refractivity contribution in [1.29, 1.82) is 0 Å². The highest BCUT2D eigenvalue weighted by Crippen LogP contribution is 2.27. The van der Waals surface area contributed by atoms with Gasteiger partial charge in [-0.2, -0.15) is 0 Å². The molecule has 128 valence electrons. The molecule has 1 unspecified atom stereocenters. The molecule has 8 heteroatoms. The lowest BCUT2D eigenvalue weighted by atomic mass is 9.93. The Balaban J connectivity index is 1.96. The van der Waals surface area contributed by atoms with E-state index in [1.54, 1.807) is 0 Å². The average molecular weight is 327 g/mol. The van der Waals surface area contributed by atoms with Crippen LogP contribution in [0.1, 0.15) is 12.5 Å².